The van der Waals surface area contributed by atoms with E-state index in [-0.39, 0.29) is 6.04 Å². The smallest absolute Gasteiger partial charge is 0.0705 e. The molecule has 3 heteroatoms. The zero-order chi connectivity index (χ0) is 14.8. The van der Waals surface area contributed by atoms with Crippen molar-refractivity contribution in [3.63, 3.8) is 0 Å². The Hall–Kier alpha value is -2.26. The number of benzene rings is 1. The maximum absolute atomic E-state index is 4.56. The van der Waals surface area contributed by atoms with Crippen molar-refractivity contribution in [2.24, 2.45) is 0 Å². The lowest BCUT2D eigenvalue weighted by atomic mass is 9.97. The van der Waals surface area contributed by atoms with Gasteiger partial charge in [0.2, 0.25) is 0 Å². The fourth-order valence-corrected chi connectivity index (χ4v) is 2.70. The second kappa shape index (κ2) is 5.62. The van der Waals surface area contributed by atoms with E-state index in [4.69, 9.17) is 0 Å². The predicted octanol–water partition coefficient (Wildman–Crippen LogP) is 3.56. The summed E-state index contributed by atoms with van der Waals surface area (Å²) in [5.74, 6) is 0. The van der Waals surface area contributed by atoms with E-state index in [0.717, 1.165) is 16.9 Å². The molecule has 2 aromatic heterocycles. The van der Waals surface area contributed by atoms with E-state index in [0.29, 0.717) is 0 Å². The summed E-state index contributed by atoms with van der Waals surface area (Å²) in [5.41, 5.74) is 5.58. The van der Waals surface area contributed by atoms with Gasteiger partial charge in [0.15, 0.2) is 0 Å². The normalized spacial score (nSPS) is 12.5. The van der Waals surface area contributed by atoms with Crippen LogP contribution in [0.3, 0.4) is 0 Å². The van der Waals surface area contributed by atoms with Gasteiger partial charge in [-0.15, -0.1) is 0 Å². The van der Waals surface area contributed by atoms with Gasteiger partial charge in [-0.3, -0.25) is 9.97 Å². The average Bonchev–Trinajstić information content (AvgIpc) is 2.48. The van der Waals surface area contributed by atoms with Gasteiger partial charge < -0.3 is 5.32 Å². The Balaban J connectivity index is 2.06. The van der Waals surface area contributed by atoms with Crippen molar-refractivity contribution in [2.45, 2.75) is 19.9 Å². The van der Waals surface area contributed by atoms with Crippen molar-refractivity contribution in [2.75, 3.05) is 7.05 Å². The number of rotatable bonds is 3. The lowest BCUT2D eigenvalue weighted by Gasteiger charge is -2.18. The molecule has 0 spiro atoms. The average molecular weight is 277 g/mol. The van der Waals surface area contributed by atoms with Crippen LogP contribution in [0.1, 0.15) is 28.6 Å². The molecule has 0 fully saturated rings. The fourth-order valence-electron chi connectivity index (χ4n) is 2.70. The topological polar surface area (TPSA) is 37.8 Å². The molecule has 0 aliphatic carbocycles. The Bertz CT molecular complexity index is 780. The predicted molar refractivity (Wildman–Crippen MR) is 86.4 cm³/mol. The first-order chi connectivity index (χ1) is 10.2. The second-order valence-corrected chi connectivity index (χ2v) is 5.36. The van der Waals surface area contributed by atoms with E-state index in [1.807, 2.05) is 27.1 Å². The quantitative estimate of drug-likeness (QED) is 0.795. The van der Waals surface area contributed by atoms with Crippen LogP contribution in [0.25, 0.3) is 10.9 Å². The van der Waals surface area contributed by atoms with Crippen molar-refractivity contribution in [3.05, 3.63) is 71.2 Å². The monoisotopic (exact) mass is 277 g/mol. The summed E-state index contributed by atoms with van der Waals surface area (Å²) in [6.07, 6.45) is 1.86. The van der Waals surface area contributed by atoms with Crippen LogP contribution in [-0.2, 0) is 0 Å². The summed E-state index contributed by atoms with van der Waals surface area (Å²) in [7, 11) is 1.98. The van der Waals surface area contributed by atoms with Crippen molar-refractivity contribution >= 4 is 10.9 Å². The van der Waals surface area contributed by atoms with E-state index in [1.54, 1.807) is 0 Å². The molecule has 2 heterocycles. The highest BCUT2D eigenvalue weighted by Gasteiger charge is 2.13. The van der Waals surface area contributed by atoms with Crippen molar-refractivity contribution < 1.29 is 0 Å². The third-order valence-corrected chi connectivity index (χ3v) is 3.73. The van der Waals surface area contributed by atoms with Crippen LogP contribution in [0.5, 0.6) is 0 Å². The maximum Gasteiger partial charge on any atom is 0.0705 e. The molecule has 0 saturated heterocycles. The minimum absolute atomic E-state index is 0.164. The summed E-state index contributed by atoms with van der Waals surface area (Å²) >= 11 is 0. The van der Waals surface area contributed by atoms with Crippen molar-refractivity contribution in [1.82, 2.24) is 15.3 Å². The number of hydrogen-bond donors (Lipinski definition) is 1. The van der Waals surface area contributed by atoms with Crippen LogP contribution in [0.2, 0.25) is 0 Å². The van der Waals surface area contributed by atoms with E-state index < -0.39 is 0 Å². The molecule has 3 nitrogen and oxygen atoms in total. The first-order valence-electron chi connectivity index (χ1n) is 7.14. The number of aryl methyl sites for hydroxylation is 2. The van der Waals surface area contributed by atoms with Gasteiger partial charge in [-0.25, -0.2) is 0 Å². The van der Waals surface area contributed by atoms with Gasteiger partial charge in [-0.2, -0.15) is 0 Å². The molecule has 1 unspecified atom stereocenters. The molecule has 0 bridgehead atoms. The van der Waals surface area contributed by atoms with Gasteiger partial charge in [0.05, 0.1) is 11.6 Å². The minimum Gasteiger partial charge on any atom is -0.309 e. The Morgan fingerprint density at radius 1 is 0.905 bits per heavy atom. The molecule has 0 aliphatic rings. The molecule has 21 heavy (non-hydrogen) atoms. The molecule has 3 rings (SSSR count). The first kappa shape index (κ1) is 13.7. The van der Waals surface area contributed by atoms with E-state index in [9.17, 15) is 0 Å². The molecule has 106 valence electrons. The summed E-state index contributed by atoms with van der Waals surface area (Å²) < 4.78 is 0. The molecule has 0 radical (unpaired) electrons. The maximum atomic E-state index is 4.56. The summed E-state index contributed by atoms with van der Waals surface area (Å²) in [6, 6.07) is 15.0. The number of pyridine rings is 2. The van der Waals surface area contributed by atoms with Gasteiger partial charge in [0.1, 0.15) is 0 Å². The van der Waals surface area contributed by atoms with Crippen LogP contribution in [-0.4, -0.2) is 17.0 Å². The van der Waals surface area contributed by atoms with Crippen LogP contribution in [0.4, 0.5) is 0 Å². The Kier molecular flexibility index (Phi) is 3.67. The van der Waals surface area contributed by atoms with Gasteiger partial charge in [0.25, 0.3) is 0 Å². The van der Waals surface area contributed by atoms with E-state index in [2.05, 4.69) is 57.7 Å². The van der Waals surface area contributed by atoms with Gasteiger partial charge >= 0.3 is 0 Å². The molecule has 0 saturated carbocycles. The van der Waals surface area contributed by atoms with E-state index >= 15 is 0 Å². The lowest BCUT2D eigenvalue weighted by Crippen LogP contribution is -2.17. The Labute approximate surface area is 125 Å². The number of aromatic nitrogens is 2. The summed E-state index contributed by atoms with van der Waals surface area (Å²) in [4.78, 5) is 8.83. The molecule has 1 aromatic carbocycles. The minimum atomic E-state index is 0.164. The molecular weight excluding hydrogens is 258 g/mol. The highest BCUT2D eigenvalue weighted by atomic mass is 14.9. The summed E-state index contributed by atoms with van der Waals surface area (Å²) in [5, 5.41) is 4.56. The van der Waals surface area contributed by atoms with Crippen LogP contribution >= 0.6 is 0 Å². The Morgan fingerprint density at radius 2 is 1.71 bits per heavy atom. The van der Waals surface area contributed by atoms with Gasteiger partial charge in [-0.05, 0) is 62.4 Å². The van der Waals surface area contributed by atoms with Gasteiger partial charge in [-0.1, -0.05) is 12.1 Å². The molecule has 3 aromatic rings. The molecule has 0 amide bonds. The van der Waals surface area contributed by atoms with Gasteiger partial charge in [0, 0.05) is 23.0 Å². The molecule has 1 atom stereocenters. The largest absolute Gasteiger partial charge is 0.309 e. The third kappa shape index (κ3) is 2.78. The highest BCUT2D eigenvalue weighted by molar-refractivity contribution is 5.79. The zero-order valence-electron chi connectivity index (χ0n) is 12.6. The number of hydrogen-bond acceptors (Lipinski definition) is 3. The summed E-state index contributed by atoms with van der Waals surface area (Å²) in [6.45, 7) is 4.03. The third-order valence-electron chi connectivity index (χ3n) is 3.73. The second-order valence-electron chi connectivity index (χ2n) is 5.36. The fraction of sp³-hybridized carbons (Fsp3) is 0.222. The number of fused-ring (bicyclic) bond motifs is 1. The molecule has 1 N–H and O–H groups in total. The zero-order valence-corrected chi connectivity index (χ0v) is 12.6. The lowest BCUT2D eigenvalue weighted by molar-refractivity contribution is 0.690. The highest BCUT2D eigenvalue weighted by Crippen LogP contribution is 2.25. The van der Waals surface area contributed by atoms with Crippen molar-refractivity contribution in [3.8, 4) is 0 Å². The molecular formula is C18H19N3. The SMILES string of the molecule is CNC(c1ccnc(C)c1)c1ccc2nc(C)ccc2c1. The van der Waals surface area contributed by atoms with Crippen molar-refractivity contribution in [1.29, 1.82) is 0 Å². The van der Waals surface area contributed by atoms with Crippen LogP contribution in [0, 0.1) is 13.8 Å². The van der Waals surface area contributed by atoms with Crippen LogP contribution < -0.4 is 5.32 Å². The van der Waals surface area contributed by atoms with E-state index in [1.165, 1.54) is 16.5 Å². The van der Waals surface area contributed by atoms with Crippen LogP contribution in [0.15, 0.2) is 48.7 Å². The number of nitrogens with one attached hydrogen (secondary N) is 1. The number of nitrogens with zero attached hydrogens (tertiary/aromatic N) is 2. The molecule has 0 aliphatic heterocycles. The first-order valence-corrected chi connectivity index (χ1v) is 7.14. The Morgan fingerprint density at radius 3 is 2.48 bits per heavy atom. The standard InChI is InChI=1S/C18H19N3/c1-12-4-5-14-11-15(6-7-17(14)21-12)18(19-3)16-8-9-20-13(2)10-16/h4-11,18-19H,1-3H3.